The van der Waals surface area contributed by atoms with Crippen LogP contribution < -0.4 is 16.0 Å². The summed E-state index contributed by atoms with van der Waals surface area (Å²) in [5, 5.41) is 23.8. The molecule has 4 rings (SSSR count). The molecule has 0 saturated carbocycles. The van der Waals surface area contributed by atoms with Gasteiger partial charge < -0.3 is 16.0 Å². The summed E-state index contributed by atoms with van der Waals surface area (Å²) < 4.78 is 1.59. The van der Waals surface area contributed by atoms with Crippen molar-refractivity contribution in [2.75, 3.05) is 23.7 Å². The average molecular weight is 421 g/mol. The lowest BCUT2D eigenvalue weighted by Gasteiger charge is -2.08. The minimum atomic E-state index is -0.170. The van der Waals surface area contributed by atoms with Crippen LogP contribution in [0.2, 0.25) is 0 Å². The molecule has 0 unspecified atom stereocenters. The second kappa shape index (κ2) is 9.14. The van der Waals surface area contributed by atoms with Crippen LogP contribution in [0, 0.1) is 0 Å². The number of rotatable bonds is 8. The van der Waals surface area contributed by atoms with E-state index in [9.17, 15) is 4.79 Å². The summed E-state index contributed by atoms with van der Waals surface area (Å²) in [7, 11) is 1.76. The number of thiophene rings is 1. The quantitative estimate of drug-likeness (QED) is 0.376. The van der Waals surface area contributed by atoms with Crippen LogP contribution in [0.25, 0.3) is 10.6 Å². The van der Waals surface area contributed by atoms with Gasteiger partial charge in [-0.2, -0.15) is 5.10 Å². The Morgan fingerprint density at radius 3 is 2.70 bits per heavy atom. The molecule has 0 atom stereocenters. The van der Waals surface area contributed by atoms with E-state index in [4.69, 9.17) is 0 Å². The van der Waals surface area contributed by atoms with Gasteiger partial charge in [-0.3, -0.25) is 14.5 Å². The highest BCUT2D eigenvalue weighted by atomic mass is 32.1. The second-order valence-electron chi connectivity index (χ2n) is 6.37. The van der Waals surface area contributed by atoms with Gasteiger partial charge in [0.2, 0.25) is 0 Å². The average Bonchev–Trinajstić information content (AvgIpc) is 3.43. The zero-order valence-corrected chi connectivity index (χ0v) is 17.1. The summed E-state index contributed by atoms with van der Waals surface area (Å²) in [6.07, 6.45) is 3.42. The molecule has 0 aromatic carbocycles. The number of hydrogen-bond donors (Lipinski definition) is 3. The number of hydrogen-bond acceptors (Lipinski definition) is 8. The fourth-order valence-electron chi connectivity index (χ4n) is 2.76. The van der Waals surface area contributed by atoms with E-state index in [1.54, 1.807) is 41.5 Å². The normalized spacial score (nSPS) is 10.6. The fourth-order valence-corrected chi connectivity index (χ4v) is 3.44. The highest BCUT2D eigenvalue weighted by Gasteiger charge is 2.14. The van der Waals surface area contributed by atoms with E-state index >= 15 is 0 Å². The third-order valence-corrected chi connectivity index (χ3v) is 5.09. The Labute approximate surface area is 177 Å². The molecule has 4 heterocycles. The molecule has 0 fully saturated rings. The van der Waals surface area contributed by atoms with E-state index in [0.717, 1.165) is 16.3 Å². The third kappa shape index (κ3) is 4.78. The monoisotopic (exact) mass is 420 g/mol. The molecule has 9 nitrogen and oxygen atoms in total. The number of aromatic nitrogens is 5. The summed E-state index contributed by atoms with van der Waals surface area (Å²) in [5.41, 5.74) is 2.16. The Bertz CT molecular complexity index is 1090. The summed E-state index contributed by atoms with van der Waals surface area (Å²) in [5.74, 6) is 1.08. The van der Waals surface area contributed by atoms with Gasteiger partial charge in [-0.1, -0.05) is 6.07 Å². The minimum absolute atomic E-state index is 0.170. The molecule has 30 heavy (non-hydrogen) atoms. The molecule has 1 amide bonds. The standard InChI is InChI=1S/C20H20N8OS/c1-28-16(12-15(27-28)17-5-3-11-30-17)20(29)23-10-9-22-18-6-7-19(26-25-18)24-14-4-2-8-21-13-14/h2-8,11-13H,9-10H2,1H3,(H,22,25)(H,23,29)(H,24,26). The number of nitrogens with one attached hydrogen (secondary N) is 3. The van der Waals surface area contributed by atoms with E-state index in [-0.39, 0.29) is 5.91 Å². The number of carbonyl (C=O) groups excluding carboxylic acids is 1. The number of aryl methyl sites for hydroxylation is 1. The smallest absolute Gasteiger partial charge is 0.269 e. The van der Waals surface area contributed by atoms with Crippen LogP contribution in [-0.2, 0) is 7.05 Å². The molecule has 0 aliphatic carbocycles. The molecule has 4 aromatic heterocycles. The Kier molecular flexibility index (Phi) is 5.95. The number of anilines is 3. The van der Waals surface area contributed by atoms with E-state index < -0.39 is 0 Å². The predicted molar refractivity (Wildman–Crippen MR) is 117 cm³/mol. The van der Waals surface area contributed by atoms with Crippen LogP contribution >= 0.6 is 11.3 Å². The Hall–Kier alpha value is -3.79. The van der Waals surface area contributed by atoms with Crippen LogP contribution in [0.4, 0.5) is 17.3 Å². The first-order valence-corrected chi connectivity index (χ1v) is 10.2. The lowest BCUT2D eigenvalue weighted by atomic mass is 10.3. The van der Waals surface area contributed by atoms with E-state index in [1.807, 2.05) is 41.8 Å². The SMILES string of the molecule is Cn1nc(-c2cccs2)cc1C(=O)NCCNc1ccc(Nc2cccnc2)nn1. The number of pyridine rings is 1. The van der Waals surface area contributed by atoms with Crippen molar-refractivity contribution in [3.05, 3.63) is 65.9 Å². The Morgan fingerprint density at radius 2 is 1.97 bits per heavy atom. The van der Waals surface area contributed by atoms with E-state index in [2.05, 4.69) is 36.2 Å². The topological polar surface area (TPSA) is 110 Å². The van der Waals surface area contributed by atoms with Gasteiger partial charge in [-0.25, -0.2) is 0 Å². The number of amides is 1. The molecule has 0 spiro atoms. The molecule has 3 N–H and O–H groups in total. The van der Waals surface area contributed by atoms with Gasteiger partial charge in [0.1, 0.15) is 17.2 Å². The predicted octanol–water partition coefficient (Wildman–Crippen LogP) is 2.92. The summed E-state index contributed by atoms with van der Waals surface area (Å²) in [4.78, 5) is 17.5. The highest BCUT2D eigenvalue weighted by Crippen LogP contribution is 2.23. The maximum absolute atomic E-state index is 12.4. The summed E-state index contributed by atoms with van der Waals surface area (Å²) >= 11 is 1.59. The summed E-state index contributed by atoms with van der Waals surface area (Å²) in [6.45, 7) is 0.959. The lowest BCUT2D eigenvalue weighted by molar-refractivity contribution is 0.0946. The van der Waals surface area contributed by atoms with Crippen molar-refractivity contribution in [1.29, 1.82) is 0 Å². The lowest BCUT2D eigenvalue weighted by Crippen LogP contribution is -2.30. The molecule has 10 heteroatoms. The molecule has 0 aliphatic heterocycles. The van der Waals surface area contributed by atoms with Crippen molar-refractivity contribution in [1.82, 2.24) is 30.3 Å². The second-order valence-corrected chi connectivity index (χ2v) is 7.32. The van der Waals surface area contributed by atoms with E-state index in [1.165, 1.54) is 0 Å². The summed E-state index contributed by atoms with van der Waals surface area (Å²) in [6, 6.07) is 13.1. The Morgan fingerprint density at radius 1 is 1.10 bits per heavy atom. The molecule has 0 bridgehead atoms. The maximum atomic E-state index is 12.4. The van der Waals surface area contributed by atoms with Crippen LogP contribution in [0.5, 0.6) is 0 Å². The zero-order valence-electron chi connectivity index (χ0n) is 16.2. The number of carbonyl (C=O) groups is 1. The molecule has 4 aromatic rings. The third-order valence-electron chi connectivity index (χ3n) is 4.20. The van der Waals surface area contributed by atoms with E-state index in [0.29, 0.717) is 30.4 Å². The molecule has 0 aliphatic rings. The first kappa shape index (κ1) is 19.5. The van der Waals surface area contributed by atoms with Crippen molar-refractivity contribution in [3.8, 4) is 10.6 Å². The van der Waals surface area contributed by atoms with Gasteiger partial charge >= 0.3 is 0 Å². The largest absolute Gasteiger partial charge is 0.367 e. The first-order valence-electron chi connectivity index (χ1n) is 9.30. The van der Waals surface area contributed by atoms with Crippen LogP contribution in [0.3, 0.4) is 0 Å². The number of nitrogens with zero attached hydrogens (tertiary/aromatic N) is 5. The molecule has 152 valence electrons. The van der Waals surface area contributed by atoms with Gasteiger partial charge in [0.15, 0.2) is 5.82 Å². The molecule has 0 radical (unpaired) electrons. The van der Waals surface area contributed by atoms with Crippen molar-refractivity contribution in [2.24, 2.45) is 7.05 Å². The maximum Gasteiger partial charge on any atom is 0.269 e. The molecular formula is C20H20N8OS. The minimum Gasteiger partial charge on any atom is -0.367 e. The van der Waals surface area contributed by atoms with Crippen molar-refractivity contribution in [3.63, 3.8) is 0 Å². The van der Waals surface area contributed by atoms with Crippen LogP contribution in [-0.4, -0.2) is 44.0 Å². The van der Waals surface area contributed by atoms with Crippen molar-refractivity contribution >= 4 is 34.6 Å². The van der Waals surface area contributed by atoms with Gasteiger partial charge in [0.05, 0.1) is 16.8 Å². The molecule has 0 saturated heterocycles. The zero-order chi connectivity index (χ0) is 20.8. The van der Waals surface area contributed by atoms with Gasteiger partial charge in [0.25, 0.3) is 5.91 Å². The fraction of sp³-hybridized carbons (Fsp3) is 0.150. The van der Waals surface area contributed by atoms with Crippen molar-refractivity contribution in [2.45, 2.75) is 0 Å². The van der Waals surface area contributed by atoms with Crippen LogP contribution in [0.15, 0.2) is 60.2 Å². The molecular weight excluding hydrogens is 400 g/mol. The van der Waals surface area contributed by atoms with Gasteiger partial charge in [-0.15, -0.1) is 21.5 Å². The van der Waals surface area contributed by atoms with Crippen molar-refractivity contribution < 1.29 is 4.79 Å². The Balaban J connectivity index is 1.24. The van der Waals surface area contributed by atoms with Gasteiger partial charge in [0, 0.05) is 26.3 Å². The van der Waals surface area contributed by atoms with Crippen LogP contribution in [0.1, 0.15) is 10.5 Å². The van der Waals surface area contributed by atoms with Gasteiger partial charge in [-0.05, 0) is 41.8 Å². The first-order chi connectivity index (χ1) is 14.7. The highest BCUT2D eigenvalue weighted by molar-refractivity contribution is 7.13.